The molecule has 0 radical (unpaired) electrons. The van der Waals surface area contributed by atoms with Crippen molar-refractivity contribution in [1.29, 1.82) is 0 Å². The number of nitrogens with one attached hydrogen (secondary N) is 1. The zero-order valence-corrected chi connectivity index (χ0v) is 25.3. The third-order valence-electron chi connectivity index (χ3n) is 6.19. The number of rotatable bonds is 11. The van der Waals surface area contributed by atoms with Gasteiger partial charge in [0, 0.05) is 17.1 Å². The van der Waals surface area contributed by atoms with Crippen molar-refractivity contribution in [3.63, 3.8) is 0 Å². The summed E-state index contributed by atoms with van der Waals surface area (Å²) < 4.78 is 47.6. The average molecular weight is 604 g/mol. The van der Waals surface area contributed by atoms with E-state index in [9.17, 15) is 22.4 Å². The van der Waals surface area contributed by atoms with Crippen LogP contribution in [0.4, 0.5) is 10.1 Å². The molecule has 0 bridgehead atoms. The standard InChI is InChI=1S/C30H35ClFN3O5S/c1-6-27(29(37)33-30(2,3)4)34(19-21-7-9-22(31)10-8-21)28(36)20-35(24-13-11-23(32)12-14-24)41(38,39)26-17-15-25(40-5)16-18-26/h7-18,27H,6,19-20H2,1-5H3,(H,33,37). The molecule has 1 N–H and O–H groups in total. The summed E-state index contributed by atoms with van der Waals surface area (Å²) in [6.45, 7) is 6.68. The summed E-state index contributed by atoms with van der Waals surface area (Å²) >= 11 is 6.05. The van der Waals surface area contributed by atoms with Crippen molar-refractivity contribution in [3.8, 4) is 5.75 Å². The number of halogens is 2. The summed E-state index contributed by atoms with van der Waals surface area (Å²) in [5, 5.41) is 3.43. The molecule has 220 valence electrons. The molecule has 41 heavy (non-hydrogen) atoms. The largest absolute Gasteiger partial charge is 0.497 e. The number of anilines is 1. The SMILES string of the molecule is CCC(C(=O)NC(C)(C)C)N(Cc1ccc(Cl)cc1)C(=O)CN(c1ccc(F)cc1)S(=O)(=O)c1ccc(OC)cc1. The molecule has 0 saturated heterocycles. The first-order valence-corrected chi connectivity index (χ1v) is 14.8. The Labute approximate surface area is 246 Å². The van der Waals surface area contributed by atoms with Crippen molar-refractivity contribution in [2.24, 2.45) is 0 Å². The van der Waals surface area contributed by atoms with Crippen LogP contribution in [0.1, 0.15) is 39.7 Å². The Bertz CT molecular complexity index is 1440. The van der Waals surface area contributed by atoms with Crippen LogP contribution in [0.3, 0.4) is 0 Å². The van der Waals surface area contributed by atoms with Gasteiger partial charge in [0.2, 0.25) is 11.8 Å². The van der Waals surface area contributed by atoms with E-state index in [-0.39, 0.29) is 29.5 Å². The Kier molecular flexibility index (Phi) is 10.4. The van der Waals surface area contributed by atoms with Crippen LogP contribution in [0.2, 0.25) is 5.02 Å². The molecule has 1 atom stereocenters. The van der Waals surface area contributed by atoms with Gasteiger partial charge in [-0.1, -0.05) is 30.7 Å². The maximum atomic E-state index is 14.0. The number of amides is 2. The highest BCUT2D eigenvalue weighted by Gasteiger charge is 2.34. The van der Waals surface area contributed by atoms with Gasteiger partial charge in [0.25, 0.3) is 10.0 Å². The van der Waals surface area contributed by atoms with Crippen molar-refractivity contribution >= 4 is 39.1 Å². The molecule has 0 aliphatic rings. The van der Waals surface area contributed by atoms with Crippen LogP contribution >= 0.6 is 11.6 Å². The minimum absolute atomic E-state index is 0.0336. The van der Waals surface area contributed by atoms with Crippen LogP contribution in [-0.4, -0.2) is 50.4 Å². The summed E-state index contributed by atoms with van der Waals surface area (Å²) in [5.74, 6) is -1.08. The first-order chi connectivity index (χ1) is 19.2. The Morgan fingerprint density at radius 1 is 0.976 bits per heavy atom. The molecular formula is C30H35ClFN3O5S. The first-order valence-electron chi connectivity index (χ1n) is 13.0. The Hall–Kier alpha value is -3.63. The summed E-state index contributed by atoms with van der Waals surface area (Å²) in [4.78, 5) is 28.7. The van der Waals surface area contributed by atoms with Gasteiger partial charge in [0.15, 0.2) is 0 Å². The molecule has 0 saturated carbocycles. The van der Waals surface area contributed by atoms with Gasteiger partial charge in [-0.2, -0.15) is 0 Å². The summed E-state index contributed by atoms with van der Waals surface area (Å²) in [6, 6.07) is 16.5. The lowest BCUT2D eigenvalue weighted by Crippen LogP contribution is -2.55. The summed E-state index contributed by atoms with van der Waals surface area (Å²) in [6.07, 6.45) is 0.281. The minimum Gasteiger partial charge on any atom is -0.497 e. The Morgan fingerprint density at radius 2 is 1.56 bits per heavy atom. The fraction of sp³-hybridized carbons (Fsp3) is 0.333. The molecule has 2 amide bonds. The van der Waals surface area contributed by atoms with Gasteiger partial charge in [-0.05, 0) is 93.4 Å². The normalized spacial score (nSPS) is 12.4. The van der Waals surface area contributed by atoms with Gasteiger partial charge >= 0.3 is 0 Å². The lowest BCUT2D eigenvalue weighted by atomic mass is 10.1. The fourth-order valence-electron chi connectivity index (χ4n) is 4.17. The highest BCUT2D eigenvalue weighted by molar-refractivity contribution is 7.92. The monoisotopic (exact) mass is 603 g/mol. The van der Waals surface area contributed by atoms with E-state index < -0.39 is 39.9 Å². The smallest absolute Gasteiger partial charge is 0.264 e. The molecule has 0 heterocycles. The molecule has 0 aromatic heterocycles. The fourth-order valence-corrected chi connectivity index (χ4v) is 5.71. The van der Waals surface area contributed by atoms with E-state index in [1.165, 1.54) is 48.4 Å². The second kappa shape index (κ2) is 13.4. The molecule has 3 aromatic carbocycles. The van der Waals surface area contributed by atoms with E-state index in [1.807, 2.05) is 20.8 Å². The van der Waals surface area contributed by atoms with Crippen LogP contribution < -0.4 is 14.4 Å². The van der Waals surface area contributed by atoms with E-state index in [0.29, 0.717) is 16.3 Å². The number of hydrogen-bond acceptors (Lipinski definition) is 5. The summed E-state index contributed by atoms with van der Waals surface area (Å²) in [7, 11) is -2.83. The molecule has 0 aliphatic carbocycles. The number of hydrogen-bond donors (Lipinski definition) is 1. The van der Waals surface area contributed by atoms with E-state index in [1.54, 1.807) is 31.2 Å². The van der Waals surface area contributed by atoms with Gasteiger partial charge in [-0.15, -0.1) is 0 Å². The van der Waals surface area contributed by atoms with Crippen LogP contribution in [0.25, 0.3) is 0 Å². The zero-order valence-electron chi connectivity index (χ0n) is 23.7. The molecule has 1 unspecified atom stereocenters. The number of methoxy groups -OCH3 is 1. The maximum absolute atomic E-state index is 14.0. The van der Waals surface area contributed by atoms with Crippen LogP contribution in [0, 0.1) is 5.82 Å². The number of benzene rings is 3. The topological polar surface area (TPSA) is 96.0 Å². The lowest BCUT2D eigenvalue weighted by Gasteiger charge is -2.34. The maximum Gasteiger partial charge on any atom is 0.264 e. The van der Waals surface area contributed by atoms with E-state index in [4.69, 9.17) is 16.3 Å². The summed E-state index contributed by atoms with van der Waals surface area (Å²) in [5.41, 5.74) is 0.238. The van der Waals surface area contributed by atoms with Gasteiger partial charge < -0.3 is 15.0 Å². The van der Waals surface area contributed by atoms with Gasteiger partial charge in [-0.25, -0.2) is 12.8 Å². The highest BCUT2D eigenvalue weighted by atomic mass is 35.5. The van der Waals surface area contributed by atoms with Crippen molar-refractivity contribution in [3.05, 3.63) is 89.2 Å². The second-order valence-electron chi connectivity index (χ2n) is 10.5. The zero-order chi connectivity index (χ0) is 30.4. The van der Waals surface area contributed by atoms with E-state index in [2.05, 4.69) is 5.32 Å². The number of sulfonamides is 1. The quantitative estimate of drug-likeness (QED) is 0.316. The van der Waals surface area contributed by atoms with E-state index in [0.717, 1.165) is 16.4 Å². The number of carbonyl (C=O) groups excluding carboxylic acids is 2. The molecular weight excluding hydrogens is 569 g/mol. The van der Waals surface area contributed by atoms with Crippen LogP contribution in [0.5, 0.6) is 5.75 Å². The van der Waals surface area contributed by atoms with Gasteiger partial charge in [0.05, 0.1) is 17.7 Å². The predicted molar refractivity (Wildman–Crippen MR) is 158 cm³/mol. The van der Waals surface area contributed by atoms with Crippen LogP contribution in [-0.2, 0) is 26.2 Å². The molecule has 0 fully saturated rings. The number of ether oxygens (including phenoxy) is 1. The van der Waals surface area contributed by atoms with Crippen molar-refractivity contribution in [2.75, 3.05) is 18.0 Å². The Morgan fingerprint density at radius 3 is 2.07 bits per heavy atom. The number of carbonyl (C=O) groups is 2. The van der Waals surface area contributed by atoms with Crippen LogP contribution in [0.15, 0.2) is 77.7 Å². The number of nitrogens with zero attached hydrogens (tertiary/aromatic N) is 2. The minimum atomic E-state index is -4.29. The highest BCUT2D eigenvalue weighted by Crippen LogP contribution is 2.26. The van der Waals surface area contributed by atoms with Crippen molar-refractivity contribution < 1.29 is 27.1 Å². The van der Waals surface area contributed by atoms with E-state index >= 15 is 0 Å². The second-order valence-corrected chi connectivity index (χ2v) is 12.8. The van der Waals surface area contributed by atoms with Gasteiger partial charge in [0.1, 0.15) is 24.2 Å². The molecule has 3 aromatic rings. The molecule has 11 heteroatoms. The average Bonchev–Trinajstić information content (AvgIpc) is 2.92. The lowest BCUT2D eigenvalue weighted by molar-refractivity contribution is -0.141. The van der Waals surface area contributed by atoms with Gasteiger partial charge in [-0.3, -0.25) is 13.9 Å². The third kappa shape index (κ3) is 8.43. The van der Waals surface area contributed by atoms with Crippen molar-refractivity contribution in [2.45, 2.75) is 57.1 Å². The first kappa shape index (κ1) is 31.9. The molecule has 0 spiro atoms. The van der Waals surface area contributed by atoms with Crippen molar-refractivity contribution in [1.82, 2.24) is 10.2 Å². The predicted octanol–water partition coefficient (Wildman–Crippen LogP) is 5.41. The Balaban J connectivity index is 2.06. The molecule has 8 nitrogen and oxygen atoms in total. The third-order valence-corrected chi connectivity index (χ3v) is 8.23. The molecule has 3 rings (SSSR count). The molecule has 0 aliphatic heterocycles.